The lowest BCUT2D eigenvalue weighted by Crippen LogP contribution is -2.45. The standard InChI is InChI=1S/C12H15F3N4O2/c13-12(14,15)8-17-11(20)19(7-6-10(16)18-21)9-4-2-1-3-5-9/h1-5,21H,6-8H2,(H2,16,18)(H,17,20). The minimum atomic E-state index is -4.50. The van der Waals surface area contributed by atoms with Crippen LogP contribution in [0.4, 0.5) is 23.7 Å². The van der Waals surface area contributed by atoms with E-state index in [4.69, 9.17) is 10.9 Å². The monoisotopic (exact) mass is 304 g/mol. The molecule has 0 aliphatic heterocycles. The number of nitrogens with two attached hydrogens (primary N) is 1. The lowest BCUT2D eigenvalue weighted by molar-refractivity contribution is -0.122. The Morgan fingerprint density at radius 2 is 1.95 bits per heavy atom. The summed E-state index contributed by atoms with van der Waals surface area (Å²) in [6.07, 6.45) is -4.48. The van der Waals surface area contributed by atoms with Crippen LogP contribution in [0, 0.1) is 0 Å². The van der Waals surface area contributed by atoms with E-state index < -0.39 is 18.8 Å². The molecule has 2 amide bonds. The number of para-hydroxylation sites is 1. The highest BCUT2D eigenvalue weighted by Gasteiger charge is 2.29. The second-order valence-corrected chi connectivity index (χ2v) is 4.10. The molecule has 1 aromatic rings. The maximum atomic E-state index is 12.1. The predicted molar refractivity (Wildman–Crippen MR) is 71.3 cm³/mol. The fourth-order valence-corrected chi connectivity index (χ4v) is 1.50. The predicted octanol–water partition coefficient (Wildman–Crippen LogP) is 1.90. The topological polar surface area (TPSA) is 91.0 Å². The van der Waals surface area contributed by atoms with E-state index in [0.717, 1.165) is 4.90 Å². The number of benzene rings is 1. The molecule has 1 aromatic carbocycles. The number of rotatable bonds is 5. The number of amides is 2. The fourth-order valence-electron chi connectivity index (χ4n) is 1.50. The second kappa shape index (κ2) is 7.36. The zero-order chi connectivity index (χ0) is 15.9. The summed E-state index contributed by atoms with van der Waals surface area (Å²) >= 11 is 0. The first-order valence-corrected chi connectivity index (χ1v) is 5.97. The molecule has 0 saturated heterocycles. The summed E-state index contributed by atoms with van der Waals surface area (Å²) in [4.78, 5) is 12.9. The van der Waals surface area contributed by atoms with E-state index in [1.807, 2.05) is 0 Å². The Labute approximate surface area is 119 Å². The molecule has 0 radical (unpaired) electrons. The molecule has 0 aromatic heterocycles. The van der Waals surface area contributed by atoms with Crippen LogP contribution in [0.2, 0.25) is 0 Å². The van der Waals surface area contributed by atoms with Crippen LogP contribution in [0.1, 0.15) is 6.42 Å². The van der Waals surface area contributed by atoms with Gasteiger partial charge in [-0.15, -0.1) is 0 Å². The third-order valence-electron chi connectivity index (χ3n) is 2.47. The Morgan fingerprint density at radius 3 is 2.48 bits per heavy atom. The number of nitrogens with one attached hydrogen (secondary N) is 1. The summed E-state index contributed by atoms with van der Waals surface area (Å²) in [6, 6.07) is 7.22. The molecular formula is C12H15F3N4O2. The molecule has 0 heterocycles. The summed E-state index contributed by atoms with van der Waals surface area (Å²) in [5.41, 5.74) is 5.71. The molecule has 0 bridgehead atoms. The average Bonchev–Trinajstić information content (AvgIpc) is 2.45. The summed E-state index contributed by atoms with van der Waals surface area (Å²) in [5, 5.41) is 13.0. The number of carbonyl (C=O) groups excluding carboxylic acids is 1. The molecule has 9 heteroatoms. The van der Waals surface area contributed by atoms with Gasteiger partial charge in [-0.2, -0.15) is 13.2 Å². The summed E-state index contributed by atoms with van der Waals surface area (Å²) < 4.78 is 36.4. The Morgan fingerprint density at radius 1 is 1.33 bits per heavy atom. The van der Waals surface area contributed by atoms with Crippen molar-refractivity contribution in [2.24, 2.45) is 10.9 Å². The molecule has 4 N–H and O–H groups in total. The zero-order valence-electron chi connectivity index (χ0n) is 11.0. The van der Waals surface area contributed by atoms with Gasteiger partial charge in [-0.1, -0.05) is 23.4 Å². The molecule has 0 aliphatic rings. The number of anilines is 1. The van der Waals surface area contributed by atoms with E-state index in [0.29, 0.717) is 5.69 Å². The quantitative estimate of drug-likeness (QED) is 0.336. The van der Waals surface area contributed by atoms with Crippen molar-refractivity contribution in [3.8, 4) is 0 Å². The highest BCUT2D eigenvalue weighted by molar-refractivity contribution is 5.93. The molecule has 0 spiro atoms. The fraction of sp³-hybridized carbons (Fsp3) is 0.333. The van der Waals surface area contributed by atoms with Crippen LogP contribution in [0.15, 0.2) is 35.5 Å². The number of amidine groups is 1. The number of carbonyl (C=O) groups is 1. The van der Waals surface area contributed by atoms with Gasteiger partial charge in [0.1, 0.15) is 12.4 Å². The normalized spacial score (nSPS) is 12.0. The first-order valence-electron chi connectivity index (χ1n) is 5.97. The van der Waals surface area contributed by atoms with Crippen molar-refractivity contribution in [3.63, 3.8) is 0 Å². The van der Waals surface area contributed by atoms with Crippen molar-refractivity contribution in [3.05, 3.63) is 30.3 Å². The van der Waals surface area contributed by atoms with Gasteiger partial charge >= 0.3 is 12.2 Å². The SMILES string of the molecule is N/C(CCN(C(=O)NCC(F)(F)F)c1ccccc1)=N/O. The summed E-state index contributed by atoms with van der Waals surface area (Å²) in [6.45, 7) is -1.46. The first kappa shape index (κ1) is 16.6. The van der Waals surface area contributed by atoms with Crippen molar-refractivity contribution in [2.45, 2.75) is 12.6 Å². The van der Waals surface area contributed by atoms with Crippen LogP contribution in [0.3, 0.4) is 0 Å². The summed E-state index contributed by atoms with van der Waals surface area (Å²) in [7, 11) is 0. The number of alkyl halides is 3. The Hall–Kier alpha value is -2.45. The third-order valence-corrected chi connectivity index (χ3v) is 2.47. The maximum Gasteiger partial charge on any atom is 0.405 e. The van der Waals surface area contributed by atoms with Crippen LogP contribution < -0.4 is 16.0 Å². The molecule has 0 saturated carbocycles. The third kappa shape index (κ3) is 6.02. The van der Waals surface area contributed by atoms with E-state index >= 15 is 0 Å². The van der Waals surface area contributed by atoms with E-state index in [1.165, 1.54) is 0 Å². The van der Waals surface area contributed by atoms with Gasteiger partial charge in [0.25, 0.3) is 0 Å². The van der Waals surface area contributed by atoms with Crippen molar-refractivity contribution in [2.75, 3.05) is 18.0 Å². The number of nitrogens with zero attached hydrogens (tertiary/aromatic N) is 2. The number of hydrogen-bond donors (Lipinski definition) is 3. The van der Waals surface area contributed by atoms with Gasteiger partial charge in [-0.3, -0.25) is 4.90 Å². The van der Waals surface area contributed by atoms with Gasteiger partial charge in [-0.25, -0.2) is 4.79 Å². The van der Waals surface area contributed by atoms with Crippen LogP contribution in [-0.2, 0) is 0 Å². The van der Waals surface area contributed by atoms with Crippen molar-refractivity contribution in [1.82, 2.24) is 5.32 Å². The molecule has 116 valence electrons. The van der Waals surface area contributed by atoms with Gasteiger partial charge in [0.15, 0.2) is 0 Å². The van der Waals surface area contributed by atoms with Gasteiger partial charge in [0, 0.05) is 18.7 Å². The molecule has 0 unspecified atom stereocenters. The van der Waals surface area contributed by atoms with Crippen molar-refractivity contribution < 1.29 is 23.2 Å². The zero-order valence-corrected chi connectivity index (χ0v) is 11.0. The highest BCUT2D eigenvalue weighted by atomic mass is 19.4. The number of urea groups is 1. The van der Waals surface area contributed by atoms with Gasteiger partial charge in [0.05, 0.1) is 0 Å². The number of halogens is 3. The minimum Gasteiger partial charge on any atom is -0.409 e. The van der Waals surface area contributed by atoms with Gasteiger partial charge in [0.2, 0.25) is 0 Å². The largest absolute Gasteiger partial charge is 0.409 e. The Bertz CT molecular complexity index is 491. The maximum absolute atomic E-state index is 12.1. The van der Waals surface area contributed by atoms with Crippen LogP contribution >= 0.6 is 0 Å². The van der Waals surface area contributed by atoms with E-state index in [1.54, 1.807) is 35.6 Å². The lowest BCUT2D eigenvalue weighted by Gasteiger charge is -2.23. The molecule has 0 aliphatic carbocycles. The molecular weight excluding hydrogens is 289 g/mol. The summed E-state index contributed by atoms with van der Waals surface area (Å²) in [5.74, 6) is -0.125. The van der Waals surface area contributed by atoms with Gasteiger partial charge in [-0.05, 0) is 12.1 Å². The van der Waals surface area contributed by atoms with Crippen molar-refractivity contribution in [1.29, 1.82) is 0 Å². The Kier molecular flexibility index (Phi) is 5.82. The number of hydrogen-bond acceptors (Lipinski definition) is 3. The van der Waals surface area contributed by atoms with Crippen molar-refractivity contribution >= 4 is 17.6 Å². The molecule has 1 rings (SSSR count). The minimum absolute atomic E-state index is 0.0187. The first-order chi connectivity index (χ1) is 9.83. The molecule has 0 atom stereocenters. The molecule has 6 nitrogen and oxygen atoms in total. The molecule has 0 fully saturated rings. The second-order valence-electron chi connectivity index (χ2n) is 4.10. The van der Waals surface area contributed by atoms with Crippen LogP contribution in [0.5, 0.6) is 0 Å². The van der Waals surface area contributed by atoms with E-state index in [2.05, 4.69) is 5.16 Å². The number of oxime groups is 1. The van der Waals surface area contributed by atoms with E-state index in [-0.39, 0.29) is 18.8 Å². The van der Waals surface area contributed by atoms with E-state index in [9.17, 15) is 18.0 Å². The molecule has 21 heavy (non-hydrogen) atoms. The Balaban J connectivity index is 2.79. The van der Waals surface area contributed by atoms with Crippen LogP contribution in [-0.4, -0.2) is 36.3 Å². The van der Waals surface area contributed by atoms with Crippen LogP contribution in [0.25, 0.3) is 0 Å². The smallest absolute Gasteiger partial charge is 0.405 e. The van der Waals surface area contributed by atoms with Gasteiger partial charge < -0.3 is 16.3 Å². The average molecular weight is 304 g/mol. The highest BCUT2D eigenvalue weighted by Crippen LogP contribution is 2.16. The lowest BCUT2D eigenvalue weighted by atomic mass is 10.2.